The van der Waals surface area contributed by atoms with Crippen LogP contribution in [0.5, 0.6) is 5.75 Å². The van der Waals surface area contributed by atoms with Crippen molar-refractivity contribution in [3.63, 3.8) is 0 Å². The summed E-state index contributed by atoms with van der Waals surface area (Å²) in [5, 5.41) is 0. The lowest BCUT2D eigenvalue weighted by Gasteiger charge is -2.30. The van der Waals surface area contributed by atoms with Crippen LogP contribution in [0.3, 0.4) is 0 Å². The predicted molar refractivity (Wildman–Crippen MR) is 127 cm³/mol. The van der Waals surface area contributed by atoms with E-state index in [1.165, 1.54) is 36.8 Å². The predicted octanol–water partition coefficient (Wildman–Crippen LogP) is 8.27. The lowest BCUT2D eigenvalue weighted by molar-refractivity contribution is 0.307. The lowest BCUT2D eigenvalue weighted by atomic mass is 9.76. The van der Waals surface area contributed by atoms with Crippen LogP contribution in [0, 0.1) is 17.6 Å². The van der Waals surface area contributed by atoms with Gasteiger partial charge in [0.25, 0.3) is 0 Å². The van der Waals surface area contributed by atoms with Gasteiger partial charge in [0, 0.05) is 5.56 Å². The van der Waals surface area contributed by atoms with Crippen molar-refractivity contribution in [3.8, 4) is 5.75 Å². The maximum absolute atomic E-state index is 15.2. The molecule has 0 spiro atoms. The quantitative estimate of drug-likeness (QED) is 0.395. The van der Waals surface area contributed by atoms with Gasteiger partial charge in [0.15, 0.2) is 0 Å². The SMILES string of the molecule is CC=CCOc1ccc2c(c1)CCC(c1c(F)cc(C3CCC(CCC)CC3)cc1F)C2. The largest absolute Gasteiger partial charge is 0.490 e. The molecule has 1 saturated carbocycles. The van der Waals surface area contributed by atoms with Gasteiger partial charge in [0.2, 0.25) is 0 Å². The first-order valence-corrected chi connectivity index (χ1v) is 12.4. The maximum Gasteiger partial charge on any atom is 0.129 e. The highest BCUT2D eigenvalue weighted by molar-refractivity contribution is 5.41. The van der Waals surface area contributed by atoms with E-state index in [2.05, 4.69) is 19.1 Å². The molecule has 0 aliphatic heterocycles. The summed E-state index contributed by atoms with van der Waals surface area (Å²) in [7, 11) is 0. The molecule has 0 heterocycles. The van der Waals surface area contributed by atoms with Crippen molar-refractivity contribution in [1.82, 2.24) is 0 Å². The summed E-state index contributed by atoms with van der Waals surface area (Å²) >= 11 is 0. The fourth-order valence-electron chi connectivity index (χ4n) is 5.73. The zero-order valence-corrected chi connectivity index (χ0v) is 19.5. The first kappa shape index (κ1) is 23.0. The molecule has 1 fully saturated rings. The molecule has 0 amide bonds. The van der Waals surface area contributed by atoms with E-state index < -0.39 is 0 Å². The number of rotatable bonds is 7. The fourth-order valence-corrected chi connectivity index (χ4v) is 5.73. The van der Waals surface area contributed by atoms with Crippen molar-refractivity contribution in [3.05, 3.63) is 76.4 Å². The molecule has 1 unspecified atom stereocenters. The number of fused-ring (bicyclic) bond motifs is 1. The Morgan fingerprint density at radius 1 is 0.938 bits per heavy atom. The molecule has 0 bridgehead atoms. The zero-order chi connectivity index (χ0) is 22.5. The monoisotopic (exact) mass is 438 g/mol. The van der Waals surface area contributed by atoms with E-state index in [0.29, 0.717) is 18.9 Å². The fraction of sp³-hybridized carbons (Fsp3) is 0.517. The van der Waals surface area contributed by atoms with Crippen LogP contribution in [-0.4, -0.2) is 6.61 Å². The molecule has 0 radical (unpaired) electrons. The Hall–Kier alpha value is -2.16. The van der Waals surface area contributed by atoms with Crippen LogP contribution >= 0.6 is 0 Å². The molecule has 2 aromatic rings. The van der Waals surface area contributed by atoms with Gasteiger partial charge in [-0.05, 0) is 111 Å². The number of benzene rings is 2. The average Bonchev–Trinajstić information content (AvgIpc) is 2.79. The Kier molecular flexibility index (Phi) is 7.65. The molecule has 1 nitrogen and oxygen atoms in total. The number of hydrogen-bond acceptors (Lipinski definition) is 1. The summed E-state index contributed by atoms with van der Waals surface area (Å²) in [6.07, 6.45) is 13.2. The molecule has 2 aromatic carbocycles. The van der Waals surface area contributed by atoms with E-state index >= 15 is 8.78 Å². The van der Waals surface area contributed by atoms with Crippen LogP contribution in [-0.2, 0) is 12.8 Å². The molecular weight excluding hydrogens is 402 g/mol. The molecule has 0 saturated heterocycles. The van der Waals surface area contributed by atoms with Crippen LogP contribution in [0.25, 0.3) is 0 Å². The normalized spacial score (nSPS) is 23.3. The van der Waals surface area contributed by atoms with Gasteiger partial charge >= 0.3 is 0 Å². The molecule has 0 N–H and O–H groups in total. The van der Waals surface area contributed by atoms with Crippen LogP contribution in [0.15, 0.2) is 42.5 Å². The molecule has 172 valence electrons. The second kappa shape index (κ2) is 10.6. The Bertz CT molecular complexity index is 917. The average molecular weight is 439 g/mol. The summed E-state index contributed by atoms with van der Waals surface area (Å²) in [5.74, 6) is 1.14. The zero-order valence-electron chi connectivity index (χ0n) is 19.5. The molecule has 3 heteroatoms. The summed E-state index contributed by atoms with van der Waals surface area (Å²) in [6, 6.07) is 9.38. The van der Waals surface area contributed by atoms with Gasteiger partial charge in [-0.25, -0.2) is 8.78 Å². The molecule has 2 aliphatic rings. The minimum atomic E-state index is -0.351. The highest BCUT2D eigenvalue weighted by Crippen LogP contribution is 2.41. The highest BCUT2D eigenvalue weighted by atomic mass is 19.1. The van der Waals surface area contributed by atoms with Gasteiger partial charge in [0.05, 0.1) is 0 Å². The van der Waals surface area contributed by atoms with Crippen LogP contribution in [0.4, 0.5) is 8.78 Å². The number of halogens is 2. The van der Waals surface area contributed by atoms with E-state index in [1.807, 2.05) is 25.1 Å². The number of ether oxygens (including phenoxy) is 1. The van der Waals surface area contributed by atoms with E-state index in [-0.39, 0.29) is 23.1 Å². The molecular formula is C29H36F2O. The van der Waals surface area contributed by atoms with Crippen molar-refractivity contribution < 1.29 is 13.5 Å². The van der Waals surface area contributed by atoms with E-state index in [0.717, 1.165) is 42.9 Å². The Morgan fingerprint density at radius 3 is 2.38 bits per heavy atom. The van der Waals surface area contributed by atoms with Gasteiger partial charge in [-0.3, -0.25) is 0 Å². The first-order valence-electron chi connectivity index (χ1n) is 12.4. The van der Waals surface area contributed by atoms with Crippen molar-refractivity contribution in [1.29, 1.82) is 0 Å². The van der Waals surface area contributed by atoms with Crippen molar-refractivity contribution in [2.24, 2.45) is 5.92 Å². The van der Waals surface area contributed by atoms with Gasteiger partial charge in [-0.1, -0.05) is 38.0 Å². The number of aryl methyl sites for hydroxylation is 1. The molecule has 1 atom stereocenters. The molecule has 32 heavy (non-hydrogen) atoms. The minimum Gasteiger partial charge on any atom is -0.490 e. The van der Waals surface area contributed by atoms with Gasteiger partial charge in [-0.2, -0.15) is 0 Å². The first-order chi connectivity index (χ1) is 15.6. The Labute approximate surface area is 191 Å². The van der Waals surface area contributed by atoms with E-state index in [9.17, 15) is 0 Å². The molecule has 2 aliphatic carbocycles. The molecule has 4 rings (SSSR count). The standard InChI is InChI=1S/C29H36F2O/c1-3-5-15-32-26-14-13-22-16-24(12-11-23(22)17-26)29-27(30)18-25(19-28(29)31)21-9-7-20(6-4-2)8-10-21/h3,5,13-14,17-21,24H,4,6-12,15-16H2,1-2H3. The van der Waals surface area contributed by atoms with Crippen LogP contribution in [0.1, 0.15) is 92.9 Å². The van der Waals surface area contributed by atoms with E-state index in [1.54, 1.807) is 12.1 Å². The third kappa shape index (κ3) is 5.24. The van der Waals surface area contributed by atoms with Gasteiger partial charge in [-0.15, -0.1) is 0 Å². The topological polar surface area (TPSA) is 9.23 Å². The summed E-state index contributed by atoms with van der Waals surface area (Å²) in [4.78, 5) is 0. The summed E-state index contributed by atoms with van der Waals surface area (Å²) in [5.41, 5.74) is 3.56. The van der Waals surface area contributed by atoms with Gasteiger partial charge in [0.1, 0.15) is 24.0 Å². The summed E-state index contributed by atoms with van der Waals surface area (Å²) < 4.78 is 36.1. The second-order valence-electron chi connectivity index (χ2n) is 9.65. The number of allylic oxidation sites excluding steroid dienone is 1. The smallest absolute Gasteiger partial charge is 0.129 e. The maximum atomic E-state index is 15.2. The summed E-state index contributed by atoms with van der Waals surface area (Å²) in [6.45, 7) is 4.76. The molecule has 0 aromatic heterocycles. The van der Waals surface area contributed by atoms with Crippen molar-refractivity contribution >= 4 is 0 Å². The minimum absolute atomic E-state index is 0.105. The Balaban J connectivity index is 1.45. The third-order valence-electron chi connectivity index (χ3n) is 7.51. The second-order valence-corrected chi connectivity index (χ2v) is 9.65. The van der Waals surface area contributed by atoms with Crippen LogP contribution in [0.2, 0.25) is 0 Å². The third-order valence-corrected chi connectivity index (χ3v) is 7.51. The lowest BCUT2D eigenvalue weighted by Crippen LogP contribution is -2.17. The highest BCUT2D eigenvalue weighted by Gasteiger charge is 2.28. The van der Waals surface area contributed by atoms with Crippen LogP contribution < -0.4 is 4.74 Å². The van der Waals surface area contributed by atoms with Gasteiger partial charge < -0.3 is 4.74 Å². The Morgan fingerprint density at radius 2 is 1.69 bits per heavy atom. The number of hydrogen-bond donors (Lipinski definition) is 0. The van der Waals surface area contributed by atoms with E-state index in [4.69, 9.17) is 4.74 Å². The van der Waals surface area contributed by atoms with Crippen molar-refractivity contribution in [2.75, 3.05) is 6.61 Å². The van der Waals surface area contributed by atoms with Crippen molar-refractivity contribution in [2.45, 2.75) is 83.5 Å².